The van der Waals surface area contributed by atoms with Crippen LogP contribution in [0.5, 0.6) is 0 Å². The molecular formula is C27H31FN4O4. The molecule has 0 aliphatic carbocycles. The van der Waals surface area contributed by atoms with Crippen LogP contribution in [0.3, 0.4) is 0 Å². The molecule has 2 amide bonds. The Morgan fingerprint density at radius 2 is 1.64 bits per heavy atom. The maximum atomic E-state index is 14.6. The summed E-state index contributed by atoms with van der Waals surface area (Å²) >= 11 is 0. The van der Waals surface area contributed by atoms with Crippen LogP contribution in [-0.4, -0.2) is 95.5 Å². The highest BCUT2D eigenvalue weighted by molar-refractivity contribution is 6.05. The van der Waals surface area contributed by atoms with Gasteiger partial charge in [-0.1, -0.05) is 30.3 Å². The monoisotopic (exact) mass is 494 g/mol. The third kappa shape index (κ3) is 6.03. The molecule has 2 N–H and O–H groups in total. The summed E-state index contributed by atoms with van der Waals surface area (Å²) in [5.74, 6) is -1.07. The molecule has 0 radical (unpaired) electrons. The summed E-state index contributed by atoms with van der Waals surface area (Å²) in [7, 11) is 0. The highest BCUT2D eigenvalue weighted by Crippen LogP contribution is 2.18. The van der Waals surface area contributed by atoms with E-state index in [9.17, 15) is 23.9 Å². The van der Waals surface area contributed by atoms with Gasteiger partial charge in [-0.05, 0) is 30.5 Å². The smallest absolute Gasteiger partial charge is 0.256 e. The van der Waals surface area contributed by atoms with E-state index in [1.807, 2.05) is 4.90 Å². The molecule has 0 saturated carbocycles. The van der Waals surface area contributed by atoms with Crippen LogP contribution in [0.15, 0.2) is 42.5 Å². The molecule has 2 saturated heterocycles. The third-order valence-electron chi connectivity index (χ3n) is 6.89. The van der Waals surface area contributed by atoms with E-state index in [1.165, 1.54) is 12.1 Å². The van der Waals surface area contributed by atoms with Crippen LogP contribution < -0.4 is 0 Å². The molecule has 2 aromatic carbocycles. The molecule has 0 bridgehead atoms. The number of nitrogens with one attached hydrogen (secondary N) is 1. The zero-order valence-corrected chi connectivity index (χ0v) is 20.2. The molecule has 2 aliphatic rings. The van der Waals surface area contributed by atoms with Crippen molar-refractivity contribution in [3.8, 4) is 0 Å². The molecule has 0 spiro atoms. The first kappa shape index (κ1) is 25.7. The van der Waals surface area contributed by atoms with Crippen molar-refractivity contribution in [1.82, 2.24) is 14.7 Å². The van der Waals surface area contributed by atoms with E-state index >= 15 is 0 Å². The first-order valence-electron chi connectivity index (χ1n) is 12.2. The number of nitrogens with zero attached hydrogens (tertiary/aromatic N) is 3. The van der Waals surface area contributed by atoms with Crippen molar-refractivity contribution in [2.75, 3.05) is 45.8 Å². The number of rotatable bonds is 7. The molecule has 2 fully saturated rings. The van der Waals surface area contributed by atoms with Gasteiger partial charge in [0.05, 0.1) is 18.2 Å². The molecule has 36 heavy (non-hydrogen) atoms. The summed E-state index contributed by atoms with van der Waals surface area (Å²) in [6.45, 7) is 3.09. The van der Waals surface area contributed by atoms with E-state index in [0.29, 0.717) is 81.6 Å². The summed E-state index contributed by atoms with van der Waals surface area (Å²) in [6.07, 6.45) is 1.90. The second-order valence-corrected chi connectivity index (χ2v) is 9.35. The molecule has 2 aromatic rings. The quantitative estimate of drug-likeness (QED) is 0.453. The number of halogens is 1. The molecule has 8 nitrogen and oxygen atoms in total. The van der Waals surface area contributed by atoms with Crippen LogP contribution in [0, 0.1) is 11.2 Å². The number of amides is 2. The lowest BCUT2D eigenvalue weighted by Crippen LogP contribution is -2.53. The Labute approximate surface area is 209 Å². The van der Waals surface area contributed by atoms with E-state index in [4.69, 9.17) is 5.41 Å². The number of likely N-dealkylation sites (tertiary alicyclic amines) is 1. The van der Waals surface area contributed by atoms with E-state index in [-0.39, 0.29) is 29.7 Å². The van der Waals surface area contributed by atoms with Crippen LogP contribution in [0.2, 0.25) is 0 Å². The number of piperazine rings is 1. The van der Waals surface area contributed by atoms with Crippen molar-refractivity contribution in [2.24, 2.45) is 0 Å². The number of aliphatic hydroxyl groups is 1. The predicted molar refractivity (Wildman–Crippen MR) is 133 cm³/mol. The van der Waals surface area contributed by atoms with E-state index in [0.717, 1.165) is 0 Å². The average Bonchev–Trinajstić information content (AvgIpc) is 2.90. The van der Waals surface area contributed by atoms with Gasteiger partial charge in [0.1, 0.15) is 5.82 Å². The Bertz CT molecular complexity index is 1140. The fourth-order valence-corrected chi connectivity index (χ4v) is 4.72. The molecule has 0 aromatic heterocycles. The summed E-state index contributed by atoms with van der Waals surface area (Å²) in [5, 5.41) is 18.0. The number of aldehydes is 1. The largest absolute Gasteiger partial charge is 0.393 e. The molecule has 4 rings (SSSR count). The van der Waals surface area contributed by atoms with Crippen LogP contribution in [0.25, 0.3) is 0 Å². The minimum Gasteiger partial charge on any atom is -0.393 e. The Morgan fingerprint density at radius 3 is 2.33 bits per heavy atom. The fourth-order valence-electron chi connectivity index (χ4n) is 4.72. The van der Waals surface area contributed by atoms with Gasteiger partial charge in [-0.15, -0.1) is 0 Å². The summed E-state index contributed by atoms with van der Waals surface area (Å²) < 4.78 is 14.6. The molecule has 9 heteroatoms. The number of carbonyl (C=O) groups is 3. The lowest BCUT2D eigenvalue weighted by atomic mass is 9.97. The number of carbonyl (C=O) groups excluding carboxylic acids is 3. The Balaban J connectivity index is 1.35. The summed E-state index contributed by atoms with van der Waals surface area (Å²) in [5.41, 5.74) is 1.66. The van der Waals surface area contributed by atoms with Gasteiger partial charge in [0.25, 0.3) is 5.91 Å². The van der Waals surface area contributed by atoms with Crippen LogP contribution >= 0.6 is 0 Å². The van der Waals surface area contributed by atoms with Gasteiger partial charge in [-0.25, -0.2) is 4.39 Å². The SMILES string of the molecule is N=C(Cc1ccc(F)c(C(=O)N2CCN(C(=O)CN3CCC(O)CC3)CC2)c1)c1ccccc1C=O. The molecular weight excluding hydrogens is 463 g/mol. The van der Waals surface area contributed by atoms with Gasteiger partial charge in [0, 0.05) is 62.5 Å². The van der Waals surface area contributed by atoms with Crippen molar-refractivity contribution in [2.45, 2.75) is 25.4 Å². The number of piperidine rings is 1. The topological polar surface area (TPSA) is 105 Å². The van der Waals surface area contributed by atoms with Gasteiger partial charge >= 0.3 is 0 Å². The lowest BCUT2D eigenvalue weighted by Gasteiger charge is -2.36. The molecule has 0 unspecified atom stereocenters. The molecule has 2 aliphatic heterocycles. The van der Waals surface area contributed by atoms with Gasteiger partial charge < -0.3 is 20.3 Å². The second kappa shape index (κ2) is 11.5. The maximum Gasteiger partial charge on any atom is 0.256 e. The normalized spacial score (nSPS) is 17.2. The van der Waals surface area contributed by atoms with Gasteiger partial charge in [-0.2, -0.15) is 0 Å². The minimum absolute atomic E-state index is 0.000726. The molecule has 190 valence electrons. The zero-order chi connectivity index (χ0) is 25.7. The minimum atomic E-state index is -0.630. The zero-order valence-electron chi connectivity index (χ0n) is 20.2. The number of benzene rings is 2. The van der Waals surface area contributed by atoms with Crippen molar-refractivity contribution in [1.29, 1.82) is 5.41 Å². The van der Waals surface area contributed by atoms with Crippen LogP contribution in [0.4, 0.5) is 4.39 Å². The predicted octanol–water partition coefficient (Wildman–Crippen LogP) is 1.99. The number of hydrogen-bond donors (Lipinski definition) is 2. The molecule has 0 atom stereocenters. The first-order valence-corrected chi connectivity index (χ1v) is 12.2. The van der Waals surface area contributed by atoms with Gasteiger partial charge in [-0.3, -0.25) is 19.3 Å². The molecule has 2 heterocycles. The van der Waals surface area contributed by atoms with Gasteiger partial charge in [0.15, 0.2) is 6.29 Å². The van der Waals surface area contributed by atoms with Crippen molar-refractivity contribution < 1.29 is 23.9 Å². The van der Waals surface area contributed by atoms with Crippen molar-refractivity contribution >= 4 is 23.8 Å². The Kier molecular flexibility index (Phi) is 8.22. The van der Waals surface area contributed by atoms with E-state index in [2.05, 4.69) is 0 Å². The van der Waals surface area contributed by atoms with E-state index in [1.54, 1.807) is 40.1 Å². The Hall–Kier alpha value is -3.43. The van der Waals surface area contributed by atoms with E-state index < -0.39 is 11.7 Å². The van der Waals surface area contributed by atoms with Gasteiger partial charge in [0.2, 0.25) is 5.91 Å². The number of hydrogen-bond acceptors (Lipinski definition) is 6. The van der Waals surface area contributed by atoms with Crippen LogP contribution in [-0.2, 0) is 11.2 Å². The average molecular weight is 495 g/mol. The Morgan fingerprint density at radius 1 is 0.972 bits per heavy atom. The standard InChI is InChI=1S/C27H31FN4O4/c28-24-6-5-19(16-25(29)22-4-2-1-3-20(22)18-33)15-23(24)27(36)32-13-11-31(12-14-32)26(35)17-30-9-7-21(34)8-10-30/h1-6,15,18,21,29,34H,7-14,16-17H2. The van der Waals surface area contributed by atoms with Crippen LogP contribution in [0.1, 0.15) is 44.7 Å². The summed E-state index contributed by atoms with van der Waals surface area (Å²) in [6, 6.07) is 11.0. The third-order valence-corrected chi connectivity index (χ3v) is 6.89. The maximum absolute atomic E-state index is 14.6. The number of aliphatic hydroxyl groups excluding tert-OH is 1. The first-order chi connectivity index (χ1) is 17.4. The highest BCUT2D eigenvalue weighted by atomic mass is 19.1. The van der Waals surface area contributed by atoms with Crippen molar-refractivity contribution in [3.05, 3.63) is 70.5 Å². The lowest BCUT2D eigenvalue weighted by molar-refractivity contribution is -0.134. The second-order valence-electron chi connectivity index (χ2n) is 9.35. The summed E-state index contributed by atoms with van der Waals surface area (Å²) in [4.78, 5) is 42.4. The van der Waals surface area contributed by atoms with Crippen molar-refractivity contribution in [3.63, 3.8) is 0 Å². The fraction of sp³-hybridized carbons (Fsp3) is 0.407. The highest BCUT2D eigenvalue weighted by Gasteiger charge is 2.28.